The number of amides is 1. The molecule has 23 heavy (non-hydrogen) atoms. The van der Waals surface area contributed by atoms with E-state index in [1.165, 1.54) is 5.56 Å². The highest BCUT2D eigenvalue weighted by molar-refractivity contribution is 9.10. The highest BCUT2D eigenvalue weighted by atomic mass is 79.9. The molecule has 1 aromatic carbocycles. The molecule has 1 aliphatic heterocycles. The Kier molecular flexibility index (Phi) is 5.05. The standard InChI is InChI=1S/C18H22BrNO3/c19-14-5-1-4-13(9-14)15-10-16(15)18(23)20-8-2-3-12(11-20)6-7-17(21)22/h1,4-5,9,12,15-16H,2-3,6-8,10-11H2,(H,21,22)/t12-,15-,16-/m0/s1. The molecule has 3 rings (SSSR count). The summed E-state index contributed by atoms with van der Waals surface area (Å²) in [6, 6.07) is 8.21. The monoisotopic (exact) mass is 379 g/mol. The number of halogens is 1. The maximum absolute atomic E-state index is 12.7. The smallest absolute Gasteiger partial charge is 0.303 e. The first-order valence-electron chi connectivity index (χ1n) is 8.30. The molecular formula is C18H22BrNO3. The first-order chi connectivity index (χ1) is 11.0. The molecule has 0 spiro atoms. The summed E-state index contributed by atoms with van der Waals surface area (Å²) < 4.78 is 1.06. The van der Waals surface area contributed by atoms with Crippen molar-refractivity contribution in [3.8, 4) is 0 Å². The van der Waals surface area contributed by atoms with Gasteiger partial charge in [0.2, 0.25) is 5.91 Å². The van der Waals surface area contributed by atoms with Crippen LogP contribution in [0.1, 0.15) is 43.6 Å². The number of carbonyl (C=O) groups excluding carboxylic acids is 1. The van der Waals surface area contributed by atoms with Gasteiger partial charge in [-0.05, 0) is 55.2 Å². The van der Waals surface area contributed by atoms with Gasteiger partial charge >= 0.3 is 5.97 Å². The van der Waals surface area contributed by atoms with Crippen LogP contribution < -0.4 is 0 Å². The summed E-state index contributed by atoms with van der Waals surface area (Å²) >= 11 is 3.49. The zero-order valence-corrected chi connectivity index (χ0v) is 14.7. The Morgan fingerprint density at radius 1 is 1.35 bits per heavy atom. The number of hydrogen-bond acceptors (Lipinski definition) is 2. The highest BCUT2D eigenvalue weighted by Gasteiger charge is 2.46. The van der Waals surface area contributed by atoms with Crippen LogP contribution in [0.2, 0.25) is 0 Å². The summed E-state index contributed by atoms with van der Waals surface area (Å²) in [7, 11) is 0. The molecule has 3 atom stereocenters. The Balaban J connectivity index is 1.55. The van der Waals surface area contributed by atoms with Gasteiger partial charge in [0.1, 0.15) is 0 Å². The third kappa shape index (κ3) is 4.14. The summed E-state index contributed by atoms with van der Waals surface area (Å²) in [5.74, 6) is 0.314. The molecule has 1 aromatic rings. The van der Waals surface area contributed by atoms with Crippen molar-refractivity contribution in [2.45, 2.75) is 38.0 Å². The zero-order chi connectivity index (χ0) is 16.4. The third-order valence-electron chi connectivity index (χ3n) is 4.98. The lowest BCUT2D eigenvalue weighted by molar-refractivity contribution is -0.137. The van der Waals surface area contributed by atoms with Crippen molar-refractivity contribution < 1.29 is 14.7 Å². The molecule has 1 saturated heterocycles. The van der Waals surface area contributed by atoms with Crippen molar-refractivity contribution >= 4 is 27.8 Å². The van der Waals surface area contributed by atoms with Crippen LogP contribution >= 0.6 is 15.9 Å². The molecule has 1 heterocycles. The number of rotatable bonds is 5. The molecule has 0 radical (unpaired) electrons. The lowest BCUT2D eigenvalue weighted by Gasteiger charge is -2.33. The largest absolute Gasteiger partial charge is 0.481 e. The van der Waals surface area contributed by atoms with Crippen LogP contribution in [0.15, 0.2) is 28.7 Å². The van der Waals surface area contributed by atoms with E-state index >= 15 is 0 Å². The second kappa shape index (κ2) is 7.04. The Morgan fingerprint density at radius 2 is 2.17 bits per heavy atom. The van der Waals surface area contributed by atoms with Gasteiger partial charge in [-0.1, -0.05) is 28.1 Å². The Morgan fingerprint density at radius 3 is 2.91 bits per heavy atom. The highest BCUT2D eigenvalue weighted by Crippen LogP contribution is 2.49. The molecule has 0 bridgehead atoms. The number of carbonyl (C=O) groups is 2. The predicted octanol–water partition coefficient (Wildman–Crippen LogP) is 3.66. The molecule has 4 nitrogen and oxygen atoms in total. The quantitative estimate of drug-likeness (QED) is 0.848. The van der Waals surface area contributed by atoms with E-state index in [0.717, 1.165) is 36.8 Å². The van der Waals surface area contributed by atoms with E-state index in [2.05, 4.69) is 28.1 Å². The number of nitrogens with zero attached hydrogens (tertiary/aromatic N) is 1. The molecule has 5 heteroatoms. The maximum atomic E-state index is 12.7. The van der Waals surface area contributed by atoms with Gasteiger partial charge in [-0.3, -0.25) is 9.59 Å². The number of aliphatic carboxylic acids is 1. The first kappa shape index (κ1) is 16.5. The van der Waals surface area contributed by atoms with Crippen LogP contribution in [0.25, 0.3) is 0 Å². The van der Waals surface area contributed by atoms with E-state index < -0.39 is 5.97 Å². The van der Waals surface area contributed by atoms with E-state index in [1.54, 1.807) is 0 Å². The van der Waals surface area contributed by atoms with Crippen LogP contribution in [-0.4, -0.2) is 35.0 Å². The van der Waals surface area contributed by atoms with Crippen molar-refractivity contribution in [2.75, 3.05) is 13.1 Å². The number of hydrogen-bond donors (Lipinski definition) is 1. The van der Waals surface area contributed by atoms with Gasteiger partial charge in [-0.15, -0.1) is 0 Å². The number of piperidine rings is 1. The second-order valence-corrected chi connectivity index (χ2v) is 7.64. The van der Waals surface area contributed by atoms with E-state index in [9.17, 15) is 9.59 Å². The van der Waals surface area contributed by atoms with E-state index in [1.807, 2.05) is 17.0 Å². The average Bonchev–Trinajstić information content (AvgIpc) is 3.33. The minimum absolute atomic E-state index is 0.113. The van der Waals surface area contributed by atoms with Crippen LogP contribution in [-0.2, 0) is 9.59 Å². The first-order valence-corrected chi connectivity index (χ1v) is 9.10. The number of carboxylic acids is 1. The summed E-state index contributed by atoms with van der Waals surface area (Å²) in [4.78, 5) is 25.4. The summed E-state index contributed by atoms with van der Waals surface area (Å²) in [5, 5.41) is 8.82. The molecular weight excluding hydrogens is 358 g/mol. The summed E-state index contributed by atoms with van der Waals surface area (Å²) in [6.45, 7) is 1.55. The molecule has 0 unspecified atom stereocenters. The molecule has 124 valence electrons. The summed E-state index contributed by atoms with van der Waals surface area (Å²) in [5.41, 5.74) is 1.23. The van der Waals surface area contributed by atoms with Crippen molar-refractivity contribution in [2.24, 2.45) is 11.8 Å². The van der Waals surface area contributed by atoms with Gasteiger partial charge in [0.25, 0.3) is 0 Å². The molecule has 2 fully saturated rings. The summed E-state index contributed by atoms with van der Waals surface area (Å²) in [6.07, 6.45) is 3.85. The predicted molar refractivity (Wildman–Crippen MR) is 91.2 cm³/mol. The normalized spacial score (nSPS) is 26.8. The van der Waals surface area contributed by atoms with Crippen molar-refractivity contribution in [1.82, 2.24) is 4.90 Å². The molecule has 1 aliphatic carbocycles. The third-order valence-corrected chi connectivity index (χ3v) is 5.47. The molecule has 2 aliphatic rings. The number of benzene rings is 1. The van der Waals surface area contributed by atoms with E-state index in [0.29, 0.717) is 18.3 Å². The average molecular weight is 380 g/mol. The maximum Gasteiger partial charge on any atom is 0.303 e. The van der Waals surface area contributed by atoms with Crippen LogP contribution in [0, 0.1) is 11.8 Å². The Labute approximate surface area is 145 Å². The fourth-order valence-corrected chi connectivity index (χ4v) is 4.05. The van der Waals surface area contributed by atoms with E-state index in [4.69, 9.17) is 5.11 Å². The molecule has 1 amide bonds. The van der Waals surface area contributed by atoms with Gasteiger partial charge in [0, 0.05) is 29.9 Å². The van der Waals surface area contributed by atoms with Crippen molar-refractivity contribution in [3.05, 3.63) is 34.3 Å². The van der Waals surface area contributed by atoms with Gasteiger partial charge < -0.3 is 10.0 Å². The minimum Gasteiger partial charge on any atom is -0.481 e. The van der Waals surface area contributed by atoms with Crippen molar-refractivity contribution in [1.29, 1.82) is 0 Å². The van der Waals surface area contributed by atoms with E-state index in [-0.39, 0.29) is 18.2 Å². The Hall–Kier alpha value is -1.36. The SMILES string of the molecule is O=C(O)CC[C@@H]1CCCN(C(=O)[C@H]2C[C@H]2c2cccc(Br)c2)C1. The number of likely N-dealkylation sites (tertiary alicyclic amines) is 1. The van der Waals surface area contributed by atoms with Gasteiger partial charge in [0.05, 0.1) is 0 Å². The Bertz CT molecular complexity index is 604. The zero-order valence-electron chi connectivity index (χ0n) is 13.1. The fourth-order valence-electron chi connectivity index (χ4n) is 3.64. The second-order valence-electron chi connectivity index (χ2n) is 6.73. The van der Waals surface area contributed by atoms with Crippen LogP contribution in [0.3, 0.4) is 0 Å². The fraction of sp³-hybridized carbons (Fsp3) is 0.556. The lowest BCUT2D eigenvalue weighted by Crippen LogP contribution is -2.41. The number of carboxylic acid groups (broad SMARTS) is 1. The van der Waals surface area contributed by atoms with Crippen LogP contribution in [0.5, 0.6) is 0 Å². The molecule has 0 aromatic heterocycles. The topological polar surface area (TPSA) is 57.6 Å². The van der Waals surface area contributed by atoms with Crippen molar-refractivity contribution in [3.63, 3.8) is 0 Å². The lowest BCUT2D eigenvalue weighted by atomic mass is 9.93. The van der Waals surface area contributed by atoms with Gasteiger partial charge in [-0.25, -0.2) is 0 Å². The minimum atomic E-state index is -0.745. The molecule has 1 N–H and O–H groups in total. The molecule has 1 saturated carbocycles. The van der Waals surface area contributed by atoms with Gasteiger partial charge in [-0.2, -0.15) is 0 Å². The van der Waals surface area contributed by atoms with Gasteiger partial charge in [0.15, 0.2) is 0 Å². The van der Waals surface area contributed by atoms with Crippen LogP contribution in [0.4, 0.5) is 0 Å².